The molecule has 90 valence electrons. The number of aliphatic hydroxyl groups excluding tert-OH is 1. The summed E-state index contributed by atoms with van der Waals surface area (Å²) in [6.45, 7) is 1.53. The van der Waals surface area contributed by atoms with Crippen molar-refractivity contribution in [2.75, 3.05) is 0 Å². The molecule has 2 rings (SSSR count). The van der Waals surface area contributed by atoms with Gasteiger partial charge in [-0.25, -0.2) is 4.39 Å². The molecule has 0 aliphatic heterocycles. The van der Waals surface area contributed by atoms with Crippen LogP contribution in [0.2, 0.25) is 5.02 Å². The monoisotopic (exact) mass is 256 g/mol. The lowest BCUT2D eigenvalue weighted by Crippen LogP contribution is -1.95. The third kappa shape index (κ3) is 2.81. The molecule has 0 fully saturated rings. The Labute approximate surface area is 102 Å². The highest BCUT2D eigenvalue weighted by molar-refractivity contribution is 6.31. The third-order valence-corrected chi connectivity index (χ3v) is 2.56. The van der Waals surface area contributed by atoms with Crippen LogP contribution in [0.25, 0.3) is 0 Å². The van der Waals surface area contributed by atoms with Crippen molar-refractivity contribution in [3.63, 3.8) is 0 Å². The van der Waals surface area contributed by atoms with Crippen LogP contribution in [-0.2, 0) is 6.42 Å². The fourth-order valence-electron chi connectivity index (χ4n) is 1.34. The molecule has 0 radical (unpaired) electrons. The maximum atomic E-state index is 12.8. The first-order valence-electron chi connectivity index (χ1n) is 5.00. The van der Waals surface area contributed by atoms with E-state index in [1.165, 1.54) is 19.1 Å². The zero-order chi connectivity index (χ0) is 12.4. The van der Waals surface area contributed by atoms with E-state index in [4.69, 9.17) is 16.1 Å². The molecular weight excluding hydrogens is 247 g/mol. The number of nitrogens with zero attached hydrogens (tertiary/aromatic N) is 2. The molecule has 0 saturated heterocycles. The lowest BCUT2D eigenvalue weighted by Gasteiger charge is -2.00. The van der Waals surface area contributed by atoms with Crippen molar-refractivity contribution in [1.29, 1.82) is 0 Å². The molecule has 1 aromatic carbocycles. The Morgan fingerprint density at radius 3 is 2.88 bits per heavy atom. The molecule has 0 aliphatic rings. The van der Waals surface area contributed by atoms with Crippen molar-refractivity contribution in [3.05, 3.63) is 46.3 Å². The summed E-state index contributed by atoms with van der Waals surface area (Å²) in [5.41, 5.74) is 0.700. The van der Waals surface area contributed by atoms with E-state index in [9.17, 15) is 9.50 Å². The molecule has 1 aromatic heterocycles. The minimum Gasteiger partial charge on any atom is -0.384 e. The van der Waals surface area contributed by atoms with Crippen LogP contribution < -0.4 is 0 Å². The van der Waals surface area contributed by atoms with Crippen LogP contribution >= 0.6 is 11.6 Å². The maximum Gasteiger partial charge on any atom is 0.255 e. The van der Waals surface area contributed by atoms with E-state index in [1.54, 1.807) is 6.07 Å². The van der Waals surface area contributed by atoms with E-state index >= 15 is 0 Å². The van der Waals surface area contributed by atoms with Crippen LogP contribution in [0.4, 0.5) is 4.39 Å². The molecule has 6 heteroatoms. The summed E-state index contributed by atoms with van der Waals surface area (Å²) < 4.78 is 17.7. The van der Waals surface area contributed by atoms with Crippen LogP contribution in [0.1, 0.15) is 30.3 Å². The van der Waals surface area contributed by atoms with Gasteiger partial charge in [-0.3, -0.25) is 0 Å². The van der Waals surface area contributed by atoms with Gasteiger partial charge in [-0.05, 0) is 24.6 Å². The van der Waals surface area contributed by atoms with Gasteiger partial charge < -0.3 is 9.63 Å². The maximum absolute atomic E-state index is 12.8. The first-order valence-corrected chi connectivity index (χ1v) is 5.38. The molecule has 17 heavy (non-hydrogen) atoms. The Balaban J connectivity index is 2.19. The van der Waals surface area contributed by atoms with E-state index in [-0.39, 0.29) is 5.89 Å². The Hall–Kier alpha value is -1.46. The van der Waals surface area contributed by atoms with Gasteiger partial charge in [0, 0.05) is 11.4 Å². The minimum absolute atomic E-state index is 0.151. The summed E-state index contributed by atoms with van der Waals surface area (Å²) in [4.78, 5) is 3.99. The van der Waals surface area contributed by atoms with Crippen molar-refractivity contribution >= 4 is 11.6 Å². The van der Waals surface area contributed by atoms with Crippen molar-refractivity contribution in [2.45, 2.75) is 19.4 Å². The van der Waals surface area contributed by atoms with Gasteiger partial charge in [0.15, 0.2) is 5.82 Å². The second-order valence-electron chi connectivity index (χ2n) is 3.64. The van der Waals surface area contributed by atoms with Gasteiger partial charge >= 0.3 is 0 Å². The molecule has 0 bridgehead atoms. The quantitative estimate of drug-likeness (QED) is 0.917. The van der Waals surface area contributed by atoms with Gasteiger partial charge in [0.2, 0.25) is 0 Å². The minimum atomic E-state index is -0.806. The average Bonchev–Trinajstić information content (AvgIpc) is 2.71. The fourth-order valence-corrected chi connectivity index (χ4v) is 1.58. The van der Waals surface area contributed by atoms with Gasteiger partial charge in [0.05, 0.1) is 0 Å². The molecule has 2 aromatic rings. The number of rotatable bonds is 3. The first-order chi connectivity index (χ1) is 8.06. The van der Waals surface area contributed by atoms with E-state index in [0.29, 0.717) is 22.8 Å². The molecule has 1 atom stereocenters. The molecule has 4 nitrogen and oxygen atoms in total. The number of benzene rings is 1. The summed E-state index contributed by atoms with van der Waals surface area (Å²) in [5, 5.41) is 13.2. The summed E-state index contributed by atoms with van der Waals surface area (Å²) in [6, 6.07) is 4.11. The summed E-state index contributed by atoms with van der Waals surface area (Å²) in [7, 11) is 0. The molecule has 1 heterocycles. The van der Waals surface area contributed by atoms with Crippen molar-refractivity contribution in [2.24, 2.45) is 0 Å². The van der Waals surface area contributed by atoms with Crippen LogP contribution in [-0.4, -0.2) is 15.2 Å². The van der Waals surface area contributed by atoms with E-state index in [1.807, 2.05) is 0 Å². The predicted octanol–water partition coefficient (Wildman–Crippen LogP) is 2.51. The summed E-state index contributed by atoms with van der Waals surface area (Å²) >= 11 is 5.87. The zero-order valence-electron chi connectivity index (χ0n) is 9.02. The molecule has 0 amide bonds. The van der Waals surface area contributed by atoms with Gasteiger partial charge in [0.25, 0.3) is 5.89 Å². The van der Waals surface area contributed by atoms with E-state index in [0.717, 1.165) is 0 Å². The second-order valence-corrected chi connectivity index (χ2v) is 4.04. The van der Waals surface area contributed by atoms with Crippen LogP contribution in [0.5, 0.6) is 0 Å². The molecule has 0 saturated carbocycles. The SMILES string of the molecule is C[C@@H](O)c1nc(Cc2ccc(F)cc2Cl)no1. The summed E-state index contributed by atoms with van der Waals surface area (Å²) in [5.74, 6) is 0.157. The summed E-state index contributed by atoms with van der Waals surface area (Å²) in [6.07, 6.45) is -0.477. The largest absolute Gasteiger partial charge is 0.384 e. The lowest BCUT2D eigenvalue weighted by atomic mass is 10.1. The fraction of sp³-hybridized carbons (Fsp3) is 0.273. The Morgan fingerprint density at radius 2 is 2.29 bits per heavy atom. The Kier molecular flexibility index (Phi) is 3.40. The van der Waals surface area contributed by atoms with E-state index < -0.39 is 11.9 Å². The highest BCUT2D eigenvalue weighted by Gasteiger charge is 2.12. The standard InChI is InChI=1S/C11H10ClFN2O2/c1-6(16)11-14-10(15-17-11)4-7-2-3-8(13)5-9(7)12/h2-3,5-6,16H,4H2,1H3/t6-/m1/s1. The molecule has 1 N–H and O–H groups in total. The van der Waals surface area contributed by atoms with Gasteiger partial charge in [-0.1, -0.05) is 22.8 Å². The normalized spacial score (nSPS) is 12.7. The van der Waals surface area contributed by atoms with Gasteiger partial charge in [-0.2, -0.15) is 4.98 Å². The number of aliphatic hydroxyl groups is 1. The smallest absolute Gasteiger partial charge is 0.255 e. The zero-order valence-corrected chi connectivity index (χ0v) is 9.78. The van der Waals surface area contributed by atoms with E-state index in [2.05, 4.69) is 10.1 Å². The lowest BCUT2D eigenvalue weighted by molar-refractivity contribution is 0.151. The predicted molar refractivity (Wildman–Crippen MR) is 59.1 cm³/mol. The third-order valence-electron chi connectivity index (χ3n) is 2.20. The van der Waals surface area contributed by atoms with Crippen molar-refractivity contribution < 1.29 is 14.0 Å². The number of halogens is 2. The van der Waals surface area contributed by atoms with Gasteiger partial charge in [0.1, 0.15) is 11.9 Å². The number of hydrogen-bond donors (Lipinski definition) is 1. The van der Waals surface area contributed by atoms with Crippen molar-refractivity contribution in [1.82, 2.24) is 10.1 Å². The first kappa shape index (κ1) is 12.0. The van der Waals surface area contributed by atoms with Crippen molar-refractivity contribution in [3.8, 4) is 0 Å². The topological polar surface area (TPSA) is 59.2 Å². The molecule has 0 spiro atoms. The van der Waals surface area contributed by atoms with Crippen LogP contribution in [0, 0.1) is 5.82 Å². The second kappa shape index (κ2) is 4.81. The molecular formula is C11H10ClFN2O2. The Morgan fingerprint density at radius 1 is 1.53 bits per heavy atom. The van der Waals surface area contributed by atoms with Crippen LogP contribution in [0.3, 0.4) is 0 Å². The highest BCUT2D eigenvalue weighted by Crippen LogP contribution is 2.20. The molecule has 0 unspecified atom stereocenters. The van der Waals surface area contributed by atoms with Crippen LogP contribution in [0.15, 0.2) is 22.7 Å². The highest BCUT2D eigenvalue weighted by atomic mass is 35.5. The average molecular weight is 257 g/mol. The van der Waals surface area contributed by atoms with Gasteiger partial charge in [-0.15, -0.1) is 0 Å². The number of aromatic nitrogens is 2. The molecule has 0 aliphatic carbocycles. The Bertz CT molecular complexity index is 528. The number of hydrogen-bond acceptors (Lipinski definition) is 4.